The van der Waals surface area contributed by atoms with Crippen LogP contribution in [-0.4, -0.2) is 21.5 Å². The van der Waals surface area contributed by atoms with Crippen LogP contribution in [0.1, 0.15) is 11.3 Å². The van der Waals surface area contributed by atoms with Gasteiger partial charge in [-0.2, -0.15) is 10.4 Å². The second-order valence-corrected chi connectivity index (χ2v) is 4.56. The van der Waals surface area contributed by atoms with Crippen molar-refractivity contribution in [3.8, 4) is 23.2 Å². The third-order valence-corrected chi connectivity index (χ3v) is 3.13. The molecule has 0 radical (unpaired) electrons. The molecule has 5 nitrogen and oxygen atoms in total. The van der Waals surface area contributed by atoms with Gasteiger partial charge in [0.25, 0.3) is 0 Å². The van der Waals surface area contributed by atoms with Gasteiger partial charge in [0.2, 0.25) is 0 Å². The molecule has 8 heteroatoms. The second-order valence-electron chi connectivity index (χ2n) is 4.56. The summed E-state index contributed by atoms with van der Waals surface area (Å²) in [6.07, 6.45) is -2.70. The summed E-state index contributed by atoms with van der Waals surface area (Å²) in [5, 5.41) is 15.8. The van der Waals surface area contributed by atoms with Crippen LogP contribution in [0.25, 0.3) is 11.3 Å². The quantitative estimate of drug-likeness (QED) is 0.865. The summed E-state index contributed by atoms with van der Waals surface area (Å²) in [6.45, 7) is 0.819. The summed E-state index contributed by atoms with van der Waals surface area (Å²) < 4.78 is 40.6. The van der Waals surface area contributed by atoms with E-state index in [0.717, 1.165) is 11.3 Å². The van der Waals surface area contributed by atoms with Crippen LogP contribution < -0.4 is 4.74 Å². The Hall–Kier alpha value is -2.69. The molecule has 0 atom stereocenters. The second kappa shape index (κ2) is 4.70. The minimum absolute atomic E-state index is 0.299. The van der Waals surface area contributed by atoms with E-state index in [2.05, 4.69) is 14.9 Å². The number of alkyl halides is 3. The Morgan fingerprint density at radius 2 is 2.14 bits per heavy atom. The normalized spacial score (nSPS) is 13.9. The fourth-order valence-electron chi connectivity index (χ4n) is 2.29. The highest BCUT2D eigenvalue weighted by Gasteiger charge is 2.31. The van der Waals surface area contributed by atoms with Crippen molar-refractivity contribution in [3.05, 3.63) is 35.5 Å². The van der Waals surface area contributed by atoms with Gasteiger partial charge in [-0.3, -0.25) is 5.10 Å². The lowest BCUT2D eigenvalue weighted by Crippen LogP contribution is -2.17. The molecule has 1 N–H and O–H groups in total. The molecule has 0 bridgehead atoms. The van der Waals surface area contributed by atoms with Crippen LogP contribution in [0.15, 0.2) is 24.3 Å². The molecule has 0 saturated heterocycles. The van der Waals surface area contributed by atoms with Crippen LogP contribution in [0.5, 0.6) is 5.75 Å². The number of halogens is 3. The largest absolute Gasteiger partial charge is 0.573 e. The van der Waals surface area contributed by atoms with Crippen LogP contribution in [0.2, 0.25) is 0 Å². The Morgan fingerprint density at radius 1 is 1.33 bits per heavy atom. The van der Waals surface area contributed by atoms with Crippen LogP contribution in [0.4, 0.5) is 13.2 Å². The third kappa shape index (κ3) is 2.63. The monoisotopic (exact) mass is 294 g/mol. The number of nitrogens with one attached hydrogen (secondary N) is 1. The van der Waals surface area contributed by atoms with E-state index in [1.807, 2.05) is 6.19 Å². The standard InChI is InChI=1S/C13H9F3N4O/c14-13(15,16)21-9-3-1-2-8(4-9)12-10-5-20(7-17)6-11(10)18-19-12/h1-4H,5-6H2,(H,18,19). The van der Waals surface area contributed by atoms with Gasteiger partial charge in [0, 0.05) is 11.1 Å². The first-order chi connectivity index (χ1) is 9.96. The summed E-state index contributed by atoms with van der Waals surface area (Å²) in [4.78, 5) is 1.53. The van der Waals surface area contributed by atoms with E-state index in [1.165, 1.54) is 23.1 Å². The van der Waals surface area contributed by atoms with E-state index in [9.17, 15) is 13.2 Å². The van der Waals surface area contributed by atoms with E-state index in [-0.39, 0.29) is 5.75 Å². The molecule has 1 aromatic heterocycles. The van der Waals surface area contributed by atoms with Crippen molar-refractivity contribution < 1.29 is 17.9 Å². The Bertz CT molecular complexity index is 717. The maximum absolute atomic E-state index is 12.2. The predicted molar refractivity (Wildman–Crippen MR) is 65.6 cm³/mol. The zero-order chi connectivity index (χ0) is 15.0. The molecule has 1 aromatic carbocycles. The highest BCUT2D eigenvalue weighted by molar-refractivity contribution is 5.66. The van der Waals surface area contributed by atoms with Crippen molar-refractivity contribution in [2.24, 2.45) is 0 Å². The molecule has 3 rings (SSSR count). The molecule has 108 valence electrons. The average molecular weight is 294 g/mol. The minimum atomic E-state index is -4.73. The lowest BCUT2D eigenvalue weighted by Gasteiger charge is -2.10. The predicted octanol–water partition coefficient (Wildman–Crippen LogP) is 2.77. The molecule has 0 aliphatic carbocycles. The number of benzene rings is 1. The number of fused-ring (bicyclic) bond motifs is 1. The Kier molecular flexibility index (Phi) is 2.97. The van der Waals surface area contributed by atoms with Gasteiger partial charge in [-0.05, 0) is 12.1 Å². The molecule has 0 amide bonds. The van der Waals surface area contributed by atoms with Gasteiger partial charge in [-0.1, -0.05) is 12.1 Å². The molecule has 0 saturated carbocycles. The van der Waals surface area contributed by atoms with Crippen LogP contribution in [-0.2, 0) is 13.1 Å². The first-order valence-electron chi connectivity index (χ1n) is 6.03. The number of hydrogen-bond acceptors (Lipinski definition) is 4. The molecule has 0 spiro atoms. The van der Waals surface area contributed by atoms with E-state index in [4.69, 9.17) is 5.26 Å². The van der Waals surface area contributed by atoms with Crippen molar-refractivity contribution in [2.45, 2.75) is 19.5 Å². The zero-order valence-corrected chi connectivity index (χ0v) is 10.6. The summed E-state index contributed by atoms with van der Waals surface area (Å²) in [5.41, 5.74) is 2.67. The number of nitriles is 1. The molecule has 21 heavy (non-hydrogen) atoms. The SMILES string of the molecule is N#CN1Cc2[nH]nc(-c3cccc(OC(F)(F)F)c3)c2C1. The number of nitrogens with zero attached hydrogens (tertiary/aromatic N) is 3. The van der Waals surface area contributed by atoms with Crippen molar-refractivity contribution in [1.82, 2.24) is 15.1 Å². The van der Waals surface area contributed by atoms with Crippen LogP contribution in [0.3, 0.4) is 0 Å². The summed E-state index contributed by atoms with van der Waals surface area (Å²) >= 11 is 0. The van der Waals surface area contributed by atoms with Crippen molar-refractivity contribution >= 4 is 0 Å². The Balaban J connectivity index is 1.93. The fourth-order valence-corrected chi connectivity index (χ4v) is 2.29. The summed E-state index contributed by atoms with van der Waals surface area (Å²) in [6, 6.07) is 5.62. The Morgan fingerprint density at radius 3 is 2.86 bits per heavy atom. The first-order valence-corrected chi connectivity index (χ1v) is 6.03. The molecule has 2 heterocycles. The highest BCUT2D eigenvalue weighted by Crippen LogP contribution is 2.33. The number of H-pyrrole nitrogens is 1. The maximum Gasteiger partial charge on any atom is 0.573 e. The van der Waals surface area contributed by atoms with Gasteiger partial charge < -0.3 is 9.64 Å². The molecule has 1 aliphatic rings. The van der Waals surface area contributed by atoms with Gasteiger partial charge in [0.1, 0.15) is 5.75 Å². The van der Waals surface area contributed by atoms with Gasteiger partial charge in [-0.25, -0.2) is 0 Å². The lowest BCUT2D eigenvalue weighted by atomic mass is 10.1. The molecular weight excluding hydrogens is 285 g/mol. The molecule has 1 aliphatic heterocycles. The van der Waals surface area contributed by atoms with E-state index in [1.54, 1.807) is 6.07 Å². The lowest BCUT2D eigenvalue weighted by molar-refractivity contribution is -0.274. The number of hydrogen-bond donors (Lipinski definition) is 1. The number of rotatable bonds is 2. The van der Waals surface area contributed by atoms with Gasteiger partial charge >= 0.3 is 6.36 Å². The maximum atomic E-state index is 12.2. The topological polar surface area (TPSA) is 64.9 Å². The summed E-state index contributed by atoms with van der Waals surface area (Å²) in [7, 11) is 0. The van der Waals surface area contributed by atoms with E-state index < -0.39 is 6.36 Å². The molecule has 0 fully saturated rings. The van der Waals surface area contributed by atoms with E-state index >= 15 is 0 Å². The summed E-state index contributed by atoms with van der Waals surface area (Å²) in [5.74, 6) is -0.299. The van der Waals surface area contributed by atoms with Crippen molar-refractivity contribution in [2.75, 3.05) is 0 Å². The van der Waals surface area contributed by atoms with Crippen molar-refractivity contribution in [3.63, 3.8) is 0 Å². The molecule has 2 aromatic rings. The first kappa shape index (κ1) is 13.3. The minimum Gasteiger partial charge on any atom is -0.406 e. The van der Waals surface area contributed by atoms with Crippen LogP contribution >= 0.6 is 0 Å². The number of ether oxygens (including phenoxy) is 1. The van der Waals surface area contributed by atoms with Gasteiger partial charge in [0.05, 0.1) is 24.5 Å². The van der Waals surface area contributed by atoms with Gasteiger partial charge in [0.15, 0.2) is 6.19 Å². The van der Waals surface area contributed by atoms with E-state index in [0.29, 0.717) is 24.3 Å². The smallest absolute Gasteiger partial charge is 0.406 e. The third-order valence-electron chi connectivity index (χ3n) is 3.13. The number of aromatic nitrogens is 2. The van der Waals surface area contributed by atoms with Crippen LogP contribution in [0, 0.1) is 11.5 Å². The number of aromatic amines is 1. The highest BCUT2D eigenvalue weighted by atomic mass is 19.4. The molecular formula is C13H9F3N4O. The fraction of sp³-hybridized carbons (Fsp3) is 0.231. The molecule has 0 unspecified atom stereocenters. The average Bonchev–Trinajstić information content (AvgIpc) is 2.95. The van der Waals surface area contributed by atoms with Crippen molar-refractivity contribution in [1.29, 1.82) is 5.26 Å². The Labute approximate surface area is 117 Å². The zero-order valence-electron chi connectivity index (χ0n) is 10.6. The van der Waals surface area contributed by atoms with Gasteiger partial charge in [-0.15, -0.1) is 13.2 Å².